The zero-order chi connectivity index (χ0) is 12.9. The molecule has 0 amide bonds. The first-order valence-electron chi connectivity index (χ1n) is 4.95. The predicted octanol–water partition coefficient (Wildman–Crippen LogP) is 1.82. The molecular formula is C11H13ClO4S. The van der Waals surface area contributed by atoms with Gasteiger partial charge in [-0.3, -0.25) is 4.79 Å². The average Bonchev–Trinajstić information content (AvgIpc) is 2.29. The fourth-order valence-corrected chi connectivity index (χ4v) is 2.89. The highest BCUT2D eigenvalue weighted by Crippen LogP contribution is 2.18. The largest absolute Gasteiger partial charge is 0.469 e. The molecule has 4 nitrogen and oxygen atoms in total. The zero-order valence-electron chi connectivity index (χ0n) is 9.35. The van der Waals surface area contributed by atoms with Crippen molar-refractivity contribution in [1.29, 1.82) is 0 Å². The van der Waals surface area contributed by atoms with Crippen LogP contribution in [0.3, 0.4) is 0 Å². The van der Waals surface area contributed by atoms with Crippen LogP contribution < -0.4 is 0 Å². The Morgan fingerprint density at radius 3 is 2.59 bits per heavy atom. The molecular weight excluding hydrogens is 264 g/mol. The molecule has 0 saturated carbocycles. The van der Waals surface area contributed by atoms with Gasteiger partial charge in [0, 0.05) is 5.02 Å². The van der Waals surface area contributed by atoms with E-state index >= 15 is 0 Å². The van der Waals surface area contributed by atoms with Gasteiger partial charge in [0.25, 0.3) is 0 Å². The van der Waals surface area contributed by atoms with Crippen molar-refractivity contribution in [2.75, 3.05) is 12.9 Å². The lowest BCUT2D eigenvalue weighted by Gasteiger charge is -2.05. The van der Waals surface area contributed by atoms with Crippen molar-refractivity contribution in [3.05, 3.63) is 34.9 Å². The second-order valence-electron chi connectivity index (χ2n) is 3.51. The highest BCUT2D eigenvalue weighted by Gasteiger charge is 2.16. The van der Waals surface area contributed by atoms with E-state index in [-0.39, 0.29) is 17.9 Å². The molecule has 0 bridgehead atoms. The maximum atomic E-state index is 11.7. The van der Waals surface area contributed by atoms with Gasteiger partial charge in [0.15, 0.2) is 9.84 Å². The number of rotatable bonds is 5. The van der Waals surface area contributed by atoms with E-state index in [4.69, 9.17) is 11.6 Å². The minimum atomic E-state index is -3.35. The minimum absolute atomic E-state index is 0.136. The van der Waals surface area contributed by atoms with Crippen LogP contribution in [0.2, 0.25) is 5.02 Å². The summed E-state index contributed by atoms with van der Waals surface area (Å²) in [6, 6.07) is 6.73. The Bertz CT molecular complexity index is 496. The molecule has 0 heterocycles. The van der Waals surface area contributed by atoms with E-state index in [1.54, 1.807) is 24.3 Å². The van der Waals surface area contributed by atoms with Crippen LogP contribution in [0.25, 0.3) is 0 Å². The summed E-state index contributed by atoms with van der Waals surface area (Å²) in [5.74, 6) is -0.929. The van der Waals surface area contributed by atoms with Gasteiger partial charge in [0.1, 0.15) is 0 Å². The lowest BCUT2D eigenvalue weighted by Crippen LogP contribution is -2.14. The first-order valence-corrected chi connectivity index (χ1v) is 7.15. The van der Waals surface area contributed by atoms with Crippen LogP contribution in [0.4, 0.5) is 0 Å². The van der Waals surface area contributed by atoms with Gasteiger partial charge in [-0.15, -0.1) is 0 Å². The maximum Gasteiger partial charge on any atom is 0.306 e. The van der Waals surface area contributed by atoms with Crippen molar-refractivity contribution in [1.82, 2.24) is 0 Å². The SMILES string of the molecule is COC(=O)CCS(=O)(=O)Cc1ccccc1Cl. The van der Waals surface area contributed by atoms with Crippen LogP contribution in [0.1, 0.15) is 12.0 Å². The van der Waals surface area contributed by atoms with Crippen molar-refractivity contribution in [3.63, 3.8) is 0 Å². The molecule has 0 N–H and O–H groups in total. The number of sulfone groups is 1. The normalized spacial score (nSPS) is 11.2. The monoisotopic (exact) mass is 276 g/mol. The van der Waals surface area contributed by atoms with Gasteiger partial charge < -0.3 is 4.74 Å². The zero-order valence-corrected chi connectivity index (χ0v) is 10.9. The summed E-state index contributed by atoms with van der Waals surface area (Å²) >= 11 is 5.86. The highest BCUT2D eigenvalue weighted by molar-refractivity contribution is 7.90. The number of carbonyl (C=O) groups excluding carboxylic acids is 1. The third kappa shape index (κ3) is 4.75. The van der Waals surface area contributed by atoms with Crippen LogP contribution in [-0.2, 0) is 25.1 Å². The summed E-state index contributed by atoms with van der Waals surface area (Å²) in [6.45, 7) is 0. The van der Waals surface area contributed by atoms with E-state index < -0.39 is 15.8 Å². The van der Waals surface area contributed by atoms with Gasteiger partial charge in [0.2, 0.25) is 0 Å². The number of ether oxygens (including phenoxy) is 1. The summed E-state index contributed by atoms with van der Waals surface area (Å²) in [5, 5.41) is 0.411. The summed E-state index contributed by atoms with van der Waals surface area (Å²) < 4.78 is 27.8. The quantitative estimate of drug-likeness (QED) is 0.770. The molecule has 6 heteroatoms. The molecule has 0 atom stereocenters. The number of hydrogen-bond donors (Lipinski definition) is 0. The fraction of sp³-hybridized carbons (Fsp3) is 0.364. The second kappa shape index (κ2) is 6.02. The Morgan fingerprint density at radius 2 is 2.00 bits per heavy atom. The van der Waals surface area contributed by atoms with Crippen molar-refractivity contribution in [3.8, 4) is 0 Å². The molecule has 0 unspecified atom stereocenters. The molecule has 0 radical (unpaired) electrons. The Labute approximate surface area is 105 Å². The van der Waals surface area contributed by atoms with Gasteiger partial charge in [-0.05, 0) is 11.6 Å². The van der Waals surface area contributed by atoms with Crippen molar-refractivity contribution in [2.24, 2.45) is 0 Å². The summed E-state index contributed by atoms with van der Waals surface area (Å²) in [5.41, 5.74) is 0.541. The maximum absolute atomic E-state index is 11.7. The lowest BCUT2D eigenvalue weighted by atomic mass is 10.2. The molecule has 0 aliphatic rings. The molecule has 1 rings (SSSR count). The summed E-state index contributed by atoms with van der Waals surface area (Å²) in [4.78, 5) is 10.9. The first kappa shape index (κ1) is 14.0. The number of esters is 1. The third-order valence-corrected chi connectivity index (χ3v) is 4.12. The molecule has 0 saturated heterocycles. The Kier molecular flexibility index (Phi) is 4.96. The Balaban J connectivity index is 2.67. The molecule has 0 fully saturated rings. The van der Waals surface area contributed by atoms with E-state index in [1.807, 2.05) is 0 Å². The van der Waals surface area contributed by atoms with Crippen molar-refractivity contribution in [2.45, 2.75) is 12.2 Å². The summed E-state index contributed by atoms with van der Waals surface area (Å²) in [7, 11) is -2.12. The molecule has 0 spiro atoms. The molecule has 0 aromatic heterocycles. The van der Waals surface area contributed by atoms with Crippen LogP contribution >= 0.6 is 11.6 Å². The van der Waals surface area contributed by atoms with Crippen molar-refractivity contribution < 1.29 is 17.9 Å². The standard InChI is InChI=1S/C11H13ClO4S/c1-16-11(13)6-7-17(14,15)8-9-4-2-3-5-10(9)12/h2-5H,6-8H2,1H3. The second-order valence-corrected chi connectivity index (χ2v) is 6.10. The van der Waals surface area contributed by atoms with Gasteiger partial charge in [-0.1, -0.05) is 29.8 Å². The van der Waals surface area contributed by atoms with Crippen LogP contribution in [-0.4, -0.2) is 27.2 Å². The number of benzene rings is 1. The number of halogens is 1. The fourth-order valence-electron chi connectivity index (χ4n) is 1.27. The highest BCUT2D eigenvalue weighted by atomic mass is 35.5. The molecule has 0 aliphatic carbocycles. The van der Waals surface area contributed by atoms with Crippen LogP contribution in [0, 0.1) is 0 Å². The molecule has 94 valence electrons. The lowest BCUT2D eigenvalue weighted by molar-refractivity contribution is -0.140. The molecule has 0 aliphatic heterocycles. The molecule has 17 heavy (non-hydrogen) atoms. The van der Waals surface area contributed by atoms with E-state index in [9.17, 15) is 13.2 Å². The Morgan fingerprint density at radius 1 is 1.35 bits per heavy atom. The van der Waals surface area contributed by atoms with Gasteiger partial charge in [-0.25, -0.2) is 8.42 Å². The minimum Gasteiger partial charge on any atom is -0.469 e. The topological polar surface area (TPSA) is 60.4 Å². The molecule has 1 aromatic rings. The van der Waals surface area contributed by atoms with Crippen LogP contribution in [0.15, 0.2) is 24.3 Å². The smallest absolute Gasteiger partial charge is 0.306 e. The van der Waals surface area contributed by atoms with E-state index in [0.717, 1.165) is 0 Å². The number of carbonyl (C=O) groups is 1. The van der Waals surface area contributed by atoms with E-state index in [2.05, 4.69) is 4.74 Å². The molecule has 1 aromatic carbocycles. The van der Waals surface area contributed by atoms with E-state index in [0.29, 0.717) is 10.6 Å². The first-order chi connectivity index (χ1) is 7.94. The number of hydrogen-bond acceptors (Lipinski definition) is 4. The van der Waals surface area contributed by atoms with Gasteiger partial charge in [-0.2, -0.15) is 0 Å². The van der Waals surface area contributed by atoms with E-state index in [1.165, 1.54) is 7.11 Å². The summed E-state index contributed by atoms with van der Waals surface area (Å²) in [6.07, 6.45) is -0.136. The van der Waals surface area contributed by atoms with Crippen molar-refractivity contribution >= 4 is 27.4 Å². The van der Waals surface area contributed by atoms with Gasteiger partial charge in [0.05, 0.1) is 25.0 Å². The average molecular weight is 277 g/mol. The Hall–Kier alpha value is -1.07. The number of methoxy groups -OCH3 is 1. The predicted molar refractivity (Wildman–Crippen MR) is 65.6 cm³/mol. The third-order valence-electron chi connectivity index (χ3n) is 2.18. The van der Waals surface area contributed by atoms with Gasteiger partial charge >= 0.3 is 5.97 Å². The van der Waals surface area contributed by atoms with Crippen LogP contribution in [0.5, 0.6) is 0 Å².